The van der Waals surface area contributed by atoms with E-state index in [9.17, 15) is 4.39 Å². The molecule has 134 valence electrons. The number of benzene rings is 2. The Hall–Kier alpha value is -2.27. The fourth-order valence-electron chi connectivity index (χ4n) is 3.05. The molecule has 0 unspecified atom stereocenters. The highest BCUT2D eigenvalue weighted by Gasteiger charge is 2.19. The first kappa shape index (κ1) is 17.5. The van der Waals surface area contributed by atoms with Crippen LogP contribution in [0.5, 0.6) is 11.5 Å². The van der Waals surface area contributed by atoms with E-state index in [1.807, 2.05) is 25.1 Å². The van der Waals surface area contributed by atoms with Gasteiger partial charge in [-0.25, -0.2) is 4.39 Å². The average molecular weight is 344 g/mol. The lowest BCUT2D eigenvalue weighted by Gasteiger charge is -2.36. The van der Waals surface area contributed by atoms with E-state index in [-0.39, 0.29) is 5.82 Å². The quantitative estimate of drug-likeness (QED) is 0.768. The molecule has 1 aliphatic heterocycles. The van der Waals surface area contributed by atoms with E-state index in [2.05, 4.69) is 15.9 Å². The van der Waals surface area contributed by atoms with Crippen molar-refractivity contribution in [3.63, 3.8) is 0 Å². The Morgan fingerprint density at radius 1 is 0.880 bits per heavy atom. The average Bonchev–Trinajstić information content (AvgIpc) is 2.65. The Bertz CT molecular complexity index is 672. The van der Waals surface area contributed by atoms with Crippen molar-refractivity contribution in [2.24, 2.45) is 0 Å². The fraction of sp³-hybridized carbons (Fsp3) is 0.400. The third-order valence-corrected chi connectivity index (χ3v) is 4.38. The van der Waals surface area contributed by atoms with Crippen LogP contribution >= 0.6 is 0 Å². The summed E-state index contributed by atoms with van der Waals surface area (Å²) in [7, 11) is 0. The lowest BCUT2D eigenvalue weighted by Crippen LogP contribution is -2.47. The van der Waals surface area contributed by atoms with Crippen molar-refractivity contribution < 1.29 is 13.9 Å². The molecule has 1 fully saturated rings. The number of para-hydroxylation sites is 3. The molecule has 0 radical (unpaired) electrons. The maximum atomic E-state index is 13.5. The lowest BCUT2D eigenvalue weighted by atomic mass is 10.2. The van der Waals surface area contributed by atoms with Crippen molar-refractivity contribution >= 4 is 5.69 Å². The SMILES string of the molecule is CCOc1ccccc1N1CCN(CCOc2ccccc2F)CC1. The zero-order valence-corrected chi connectivity index (χ0v) is 14.7. The Morgan fingerprint density at radius 3 is 2.28 bits per heavy atom. The van der Waals surface area contributed by atoms with Crippen molar-refractivity contribution in [2.45, 2.75) is 6.92 Å². The molecule has 0 aromatic heterocycles. The second-order valence-corrected chi connectivity index (χ2v) is 6.01. The summed E-state index contributed by atoms with van der Waals surface area (Å²) in [6.45, 7) is 7.79. The minimum absolute atomic E-state index is 0.306. The standard InChI is InChI=1S/C20H25FN2O2/c1-2-24-20-10-6-4-8-18(20)23-13-11-22(12-14-23)15-16-25-19-9-5-3-7-17(19)21/h3-10H,2,11-16H2,1H3. The first-order valence-electron chi connectivity index (χ1n) is 8.84. The van der Waals surface area contributed by atoms with Crippen molar-refractivity contribution in [1.29, 1.82) is 0 Å². The molecule has 0 N–H and O–H groups in total. The van der Waals surface area contributed by atoms with E-state index in [1.165, 1.54) is 6.07 Å². The van der Waals surface area contributed by atoms with Crippen molar-refractivity contribution in [3.8, 4) is 11.5 Å². The molecule has 0 bridgehead atoms. The van der Waals surface area contributed by atoms with Gasteiger partial charge in [0.25, 0.3) is 0 Å². The predicted octanol–water partition coefficient (Wildman–Crippen LogP) is 3.43. The molecule has 1 saturated heterocycles. The van der Waals surface area contributed by atoms with E-state index in [0.717, 1.165) is 44.2 Å². The minimum atomic E-state index is -0.306. The zero-order chi connectivity index (χ0) is 17.5. The molecule has 3 rings (SSSR count). The maximum absolute atomic E-state index is 13.5. The van der Waals surface area contributed by atoms with Crippen LogP contribution < -0.4 is 14.4 Å². The van der Waals surface area contributed by atoms with Crippen LogP contribution in [0.2, 0.25) is 0 Å². The van der Waals surface area contributed by atoms with E-state index >= 15 is 0 Å². The molecule has 1 aliphatic rings. The molecule has 0 aliphatic carbocycles. The summed E-state index contributed by atoms with van der Waals surface area (Å²) in [4.78, 5) is 4.71. The van der Waals surface area contributed by atoms with Gasteiger partial charge in [-0.1, -0.05) is 24.3 Å². The zero-order valence-electron chi connectivity index (χ0n) is 14.7. The molecule has 0 amide bonds. The number of rotatable bonds is 7. The van der Waals surface area contributed by atoms with Gasteiger partial charge in [0.1, 0.15) is 12.4 Å². The number of ether oxygens (including phenoxy) is 2. The van der Waals surface area contributed by atoms with Crippen LogP contribution in [0, 0.1) is 5.82 Å². The summed E-state index contributed by atoms with van der Waals surface area (Å²) in [6, 6.07) is 14.7. The number of hydrogen-bond acceptors (Lipinski definition) is 4. The van der Waals surface area contributed by atoms with Crippen LogP contribution in [0.1, 0.15) is 6.92 Å². The number of halogens is 1. The van der Waals surface area contributed by atoms with E-state index in [1.54, 1.807) is 18.2 Å². The number of nitrogens with zero attached hydrogens (tertiary/aromatic N) is 2. The first-order chi connectivity index (χ1) is 12.3. The molecule has 0 spiro atoms. The van der Waals surface area contributed by atoms with Gasteiger partial charge in [0, 0.05) is 32.7 Å². The molecule has 0 saturated carbocycles. The minimum Gasteiger partial charge on any atom is -0.492 e. The van der Waals surface area contributed by atoms with Gasteiger partial charge < -0.3 is 14.4 Å². The number of hydrogen-bond donors (Lipinski definition) is 0. The largest absolute Gasteiger partial charge is 0.492 e. The molecule has 4 nitrogen and oxygen atoms in total. The van der Waals surface area contributed by atoms with Gasteiger partial charge >= 0.3 is 0 Å². The van der Waals surface area contributed by atoms with Gasteiger partial charge in [-0.2, -0.15) is 0 Å². The Kier molecular flexibility index (Phi) is 6.12. The fourth-order valence-corrected chi connectivity index (χ4v) is 3.05. The molecule has 2 aromatic carbocycles. The highest BCUT2D eigenvalue weighted by molar-refractivity contribution is 5.58. The molecule has 25 heavy (non-hydrogen) atoms. The molecule has 0 atom stereocenters. The van der Waals surface area contributed by atoms with Gasteiger partial charge in [-0.15, -0.1) is 0 Å². The molecule has 1 heterocycles. The summed E-state index contributed by atoms with van der Waals surface area (Å²) in [5.41, 5.74) is 1.16. The second-order valence-electron chi connectivity index (χ2n) is 6.01. The van der Waals surface area contributed by atoms with Gasteiger partial charge in [0.2, 0.25) is 0 Å². The van der Waals surface area contributed by atoms with Gasteiger partial charge in [-0.3, -0.25) is 4.90 Å². The van der Waals surface area contributed by atoms with Crippen molar-refractivity contribution in [1.82, 2.24) is 4.90 Å². The van der Waals surface area contributed by atoms with Gasteiger partial charge in [0.05, 0.1) is 12.3 Å². The summed E-state index contributed by atoms with van der Waals surface area (Å²) in [5.74, 6) is 0.966. The number of anilines is 1. The van der Waals surface area contributed by atoms with Crippen LogP contribution in [0.4, 0.5) is 10.1 Å². The highest BCUT2D eigenvalue weighted by atomic mass is 19.1. The Labute approximate surface area is 148 Å². The third kappa shape index (κ3) is 4.63. The third-order valence-electron chi connectivity index (χ3n) is 4.38. The van der Waals surface area contributed by atoms with Crippen LogP contribution in [0.3, 0.4) is 0 Å². The summed E-state index contributed by atoms with van der Waals surface area (Å²) < 4.78 is 24.8. The van der Waals surface area contributed by atoms with E-state index in [0.29, 0.717) is 19.0 Å². The normalized spacial score (nSPS) is 15.2. The summed E-state index contributed by atoms with van der Waals surface area (Å²) in [6.07, 6.45) is 0. The molecule has 5 heteroatoms. The Balaban J connectivity index is 1.47. The second kappa shape index (κ2) is 8.72. The van der Waals surface area contributed by atoms with Crippen molar-refractivity contribution in [2.75, 3.05) is 50.8 Å². The lowest BCUT2D eigenvalue weighted by molar-refractivity contribution is 0.196. The highest BCUT2D eigenvalue weighted by Crippen LogP contribution is 2.28. The van der Waals surface area contributed by atoms with Crippen molar-refractivity contribution in [3.05, 3.63) is 54.3 Å². The summed E-state index contributed by atoms with van der Waals surface area (Å²) in [5, 5.41) is 0. The first-order valence-corrected chi connectivity index (χ1v) is 8.84. The van der Waals surface area contributed by atoms with Crippen LogP contribution in [0.25, 0.3) is 0 Å². The molecular formula is C20H25FN2O2. The van der Waals surface area contributed by atoms with E-state index < -0.39 is 0 Å². The van der Waals surface area contributed by atoms with Crippen LogP contribution in [-0.4, -0.2) is 50.8 Å². The molecular weight excluding hydrogens is 319 g/mol. The topological polar surface area (TPSA) is 24.9 Å². The number of piperazine rings is 1. The van der Waals surface area contributed by atoms with Crippen LogP contribution in [-0.2, 0) is 0 Å². The van der Waals surface area contributed by atoms with E-state index in [4.69, 9.17) is 9.47 Å². The predicted molar refractivity (Wildman–Crippen MR) is 98.2 cm³/mol. The summed E-state index contributed by atoms with van der Waals surface area (Å²) >= 11 is 0. The monoisotopic (exact) mass is 344 g/mol. The van der Waals surface area contributed by atoms with Crippen LogP contribution in [0.15, 0.2) is 48.5 Å². The maximum Gasteiger partial charge on any atom is 0.165 e. The van der Waals surface area contributed by atoms with Gasteiger partial charge in [-0.05, 0) is 31.2 Å². The smallest absolute Gasteiger partial charge is 0.165 e. The van der Waals surface area contributed by atoms with Gasteiger partial charge in [0.15, 0.2) is 11.6 Å². The molecule has 2 aromatic rings. The Morgan fingerprint density at radius 2 is 1.56 bits per heavy atom.